The molecule has 1 N–H and O–H groups in total. The number of nitrogens with one attached hydrogen (secondary N) is 1. The molecule has 4 heteroatoms. The minimum absolute atomic E-state index is 0.571. The summed E-state index contributed by atoms with van der Waals surface area (Å²) in [6.45, 7) is 7.29. The molecule has 0 radical (unpaired) electrons. The van der Waals surface area contributed by atoms with Crippen molar-refractivity contribution in [2.24, 2.45) is 0 Å². The number of hydrogen-bond donors (Lipinski definition) is 1. The molecular weight excluding hydrogens is 244 g/mol. The van der Waals surface area contributed by atoms with Crippen LogP contribution >= 0.6 is 11.8 Å². The molecule has 0 saturated carbocycles. The second kappa shape index (κ2) is 8.62. The van der Waals surface area contributed by atoms with E-state index in [1.165, 1.54) is 5.56 Å². The second-order valence-electron chi connectivity index (χ2n) is 4.77. The monoisotopic (exact) mass is 270 g/mol. The van der Waals surface area contributed by atoms with Gasteiger partial charge in [0.05, 0.1) is 12.8 Å². The molecule has 0 aliphatic rings. The first-order valence-corrected chi connectivity index (χ1v) is 8.03. The lowest BCUT2D eigenvalue weighted by Gasteiger charge is -2.23. The first-order valence-electron chi connectivity index (χ1n) is 6.64. The molecule has 0 fully saturated rings. The molecule has 1 aromatic heterocycles. The van der Waals surface area contributed by atoms with Crippen molar-refractivity contribution in [3.63, 3.8) is 0 Å². The second-order valence-corrected chi connectivity index (χ2v) is 5.68. The van der Waals surface area contributed by atoms with Gasteiger partial charge in [0, 0.05) is 23.9 Å². The summed E-state index contributed by atoms with van der Waals surface area (Å²) in [7, 11) is 2.16. The summed E-state index contributed by atoms with van der Waals surface area (Å²) in [5.41, 5.74) is 1.28. The normalized spacial score (nSPS) is 13.2. The highest BCUT2D eigenvalue weighted by atomic mass is 32.2. The van der Waals surface area contributed by atoms with E-state index in [4.69, 9.17) is 4.42 Å². The molecule has 1 atom stereocenters. The Morgan fingerprint density at radius 2 is 2.28 bits per heavy atom. The summed E-state index contributed by atoms with van der Waals surface area (Å²) in [5, 5.41) is 3.42. The van der Waals surface area contributed by atoms with Crippen LogP contribution < -0.4 is 5.32 Å². The summed E-state index contributed by atoms with van der Waals surface area (Å²) >= 11 is 1.89. The molecule has 0 aromatic carbocycles. The predicted octanol–water partition coefficient (Wildman–Crippen LogP) is 2.96. The van der Waals surface area contributed by atoms with Crippen molar-refractivity contribution in [2.75, 3.05) is 25.6 Å². The third-order valence-corrected chi connectivity index (χ3v) is 3.95. The summed E-state index contributed by atoms with van der Waals surface area (Å²) in [5.74, 6) is 2.25. The Labute approximate surface area is 115 Å². The molecule has 0 aliphatic carbocycles. The third kappa shape index (κ3) is 5.04. The fourth-order valence-corrected chi connectivity index (χ4v) is 2.55. The number of thioether (sulfide) groups is 1. The van der Waals surface area contributed by atoms with Gasteiger partial charge in [0.2, 0.25) is 0 Å². The molecule has 3 nitrogen and oxygen atoms in total. The van der Waals surface area contributed by atoms with Gasteiger partial charge in [-0.2, -0.15) is 11.8 Å². The molecular formula is C14H26N2OS. The highest BCUT2D eigenvalue weighted by molar-refractivity contribution is 7.98. The van der Waals surface area contributed by atoms with Crippen LogP contribution in [0.5, 0.6) is 0 Å². The molecule has 0 bridgehead atoms. The zero-order valence-corrected chi connectivity index (χ0v) is 12.8. The van der Waals surface area contributed by atoms with Gasteiger partial charge in [-0.1, -0.05) is 6.92 Å². The van der Waals surface area contributed by atoms with Gasteiger partial charge in [-0.3, -0.25) is 4.90 Å². The molecule has 1 heterocycles. The van der Waals surface area contributed by atoms with Gasteiger partial charge in [-0.25, -0.2) is 0 Å². The molecule has 0 amide bonds. The molecule has 0 saturated heterocycles. The van der Waals surface area contributed by atoms with Crippen LogP contribution in [0.15, 0.2) is 16.7 Å². The van der Waals surface area contributed by atoms with Crippen molar-refractivity contribution in [1.82, 2.24) is 10.2 Å². The largest absolute Gasteiger partial charge is 0.468 e. The molecule has 1 aromatic rings. The average Bonchev–Trinajstić information content (AvgIpc) is 2.77. The van der Waals surface area contributed by atoms with Gasteiger partial charge in [0.15, 0.2) is 0 Å². The van der Waals surface area contributed by atoms with Gasteiger partial charge in [-0.15, -0.1) is 0 Å². The van der Waals surface area contributed by atoms with Crippen molar-refractivity contribution in [1.29, 1.82) is 0 Å². The lowest BCUT2D eigenvalue weighted by molar-refractivity contribution is 0.245. The third-order valence-electron chi connectivity index (χ3n) is 3.13. The number of rotatable bonds is 9. The lowest BCUT2D eigenvalue weighted by atomic mass is 10.2. The number of nitrogens with zero attached hydrogens (tertiary/aromatic N) is 1. The van der Waals surface area contributed by atoms with Crippen molar-refractivity contribution in [2.45, 2.75) is 39.4 Å². The molecule has 0 spiro atoms. The summed E-state index contributed by atoms with van der Waals surface area (Å²) in [6.07, 6.45) is 5.11. The first kappa shape index (κ1) is 15.6. The smallest absolute Gasteiger partial charge is 0.122 e. The Morgan fingerprint density at radius 1 is 1.50 bits per heavy atom. The SMILES string of the molecule is CCCNCc1ccoc1CN(C)C(C)CSC. The maximum atomic E-state index is 5.61. The Kier molecular flexibility index (Phi) is 7.47. The van der Waals surface area contributed by atoms with Crippen LogP contribution in [-0.4, -0.2) is 36.5 Å². The minimum Gasteiger partial charge on any atom is -0.468 e. The maximum Gasteiger partial charge on any atom is 0.122 e. The predicted molar refractivity (Wildman–Crippen MR) is 80.0 cm³/mol. The topological polar surface area (TPSA) is 28.4 Å². The van der Waals surface area contributed by atoms with Gasteiger partial charge in [0.25, 0.3) is 0 Å². The van der Waals surface area contributed by atoms with Crippen molar-refractivity contribution >= 4 is 11.8 Å². The van der Waals surface area contributed by atoms with Gasteiger partial charge >= 0.3 is 0 Å². The highest BCUT2D eigenvalue weighted by Crippen LogP contribution is 2.15. The van der Waals surface area contributed by atoms with Crippen molar-refractivity contribution in [3.05, 3.63) is 23.7 Å². The summed E-state index contributed by atoms with van der Waals surface area (Å²) in [6, 6.07) is 2.65. The molecule has 104 valence electrons. The van der Waals surface area contributed by atoms with E-state index in [1.807, 2.05) is 11.8 Å². The summed E-state index contributed by atoms with van der Waals surface area (Å²) in [4.78, 5) is 2.35. The molecule has 0 aliphatic heterocycles. The van der Waals surface area contributed by atoms with Crippen LogP contribution in [0.25, 0.3) is 0 Å². The van der Waals surface area contributed by atoms with Gasteiger partial charge < -0.3 is 9.73 Å². The van der Waals surface area contributed by atoms with E-state index in [0.29, 0.717) is 6.04 Å². The van der Waals surface area contributed by atoms with Crippen LogP contribution in [0.3, 0.4) is 0 Å². The van der Waals surface area contributed by atoms with E-state index in [0.717, 1.165) is 37.6 Å². The Bertz CT molecular complexity index is 327. The first-order chi connectivity index (χ1) is 8.69. The van der Waals surface area contributed by atoms with E-state index in [9.17, 15) is 0 Å². The zero-order chi connectivity index (χ0) is 13.4. The molecule has 1 unspecified atom stereocenters. The molecule has 1 rings (SSSR count). The Hall–Kier alpha value is -0.450. The number of hydrogen-bond acceptors (Lipinski definition) is 4. The van der Waals surface area contributed by atoms with E-state index in [-0.39, 0.29) is 0 Å². The fraction of sp³-hybridized carbons (Fsp3) is 0.714. The van der Waals surface area contributed by atoms with Crippen LogP contribution in [0.1, 0.15) is 31.6 Å². The Morgan fingerprint density at radius 3 is 2.94 bits per heavy atom. The van der Waals surface area contributed by atoms with E-state index >= 15 is 0 Å². The average molecular weight is 270 g/mol. The van der Waals surface area contributed by atoms with Crippen LogP contribution in [0.2, 0.25) is 0 Å². The van der Waals surface area contributed by atoms with Gasteiger partial charge in [0.1, 0.15) is 5.76 Å². The van der Waals surface area contributed by atoms with Gasteiger partial charge in [-0.05, 0) is 39.3 Å². The fourth-order valence-electron chi connectivity index (χ4n) is 1.81. The van der Waals surface area contributed by atoms with Crippen LogP contribution in [0.4, 0.5) is 0 Å². The van der Waals surface area contributed by atoms with E-state index < -0.39 is 0 Å². The van der Waals surface area contributed by atoms with Crippen molar-refractivity contribution in [3.8, 4) is 0 Å². The van der Waals surface area contributed by atoms with E-state index in [2.05, 4.69) is 43.4 Å². The highest BCUT2D eigenvalue weighted by Gasteiger charge is 2.13. The van der Waals surface area contributed by atoms with Crippen LogP contribution in [0, 0.1) is 0 Å². The van der Waals surface area contributed by atoms with Crippen molar-refractivity contribution < 1.29 is 4.42 Å². The summed E-state index contributed by atoms with van der Waals surface area (Å²) < 4.78 is 5.61. The standard InChI is InChI=1S/C14H26N2OS/c1-5-7-15-9-13-6-8-17-14(13)10-16(3)12(2)11-18-4/h6,8,12,15H,5,7,9-11H2,1-4H3. The molecule has 18 heavy (non-hydrogen) atoms. The van der Waals surface area contributed by atoms with E-state index in [1.54, 1.807) is 6.26 Å². The van der Waals surface area contributed by atoms with Crippen LogP contribution in [-0.2, 0) is 13.1 Å². The minimum atomic E-state index is 0.571. The zero-order valence-electron chi connectivity index (χ0n) is 12.0. The number of furan rings is 1. The Balaban J connectivity index is 2.48. The lowest BCUT2D eigenvalue weighted by Crippen LogP contribution is -2.30. The maximum absolute atomic E-state index is 5.61. The quantitative estimate of drug-likeness (QED) is 0.698.